The maximum atomic E-state index is 12.4. The Morgan fingerprint density at radius 3 is 2.70 bits per heavy atom. The van der Waals surface area contributed by atoms with Crippen LogP contribution in [0.25, 0.3) is 21.1 Å². The summed E-state index contributed by atoms with van der Waals surface area (Å²) in [6.45, 7) is 1.13. The minimum absolute atomic E-state index is 0.276. The van der Waals surface area contributed by atoms with E-state index in [-0.39, 0.29) is 6.03 Å². The van der Waals surface area contributed by atoms with E-state index in [0.29, 0.717) is 6.04 Å². The third kappa shape index (κ3) is 3.15. The molecule has 0 radical (unpaired) electrons. The van der Waals surface area contributed by atoms with Crippen LogP contribution in [0, 0.1) is 5.92 Å². The Hall–Kier alpha value is -3.19. The number of nitrogens with zero attached hydrogens (tertiary/aromatic N) is 3. The van der Waals surface area contributed by atoms with Gasteiger partial charge in [-0.25, -0.2) is 14.8 Å². The van der Waals surface area contributed by atoms with Gasteiger partial charge in [-0.1, -0.05) is 0 Å². The molecule has 2 fully saturated rings. The van der Waals surface area contributed by atoms with Gasteiger partial charge >= 0.3 is 6.03 Å². The van der Waals surface area contributed by atoms with E-state index < -0.39 is 0 Å². The van der Waals surface area contributed by atoms with Gasteiger partial charge in [0.2, 0.25) is 0 Å². The highest BCUT2D eigenvalue weighted by atomic mass is 32.1. The first-order chi connectivity index (χ1) is 14.7. The summed E-state index contributed by atoms with van der Waals surface area (Å²) < 4.78 is 1.10. The zero-order chi connectivity index (χ0) is 20.1. The van der Waals surface area contributed by atoms with E-state index in [4.69, 9.17) is 4.98 Å². The maximum absolute atomic E-state index is 12.4. The number of urea groups is 1. The second kappa shape index (κ2) is 6.95. The molecule has 150 valence electrons. The molecule has 2 aromatic carbocycles. The number of nitrogens with one attached hydrogen (secondary N) is 2. The highest BCUT2D eigenvalue weighted by molar-refractivity contribution is 7.16. The van der Waals surface area contributed by atoms with Crippen LogP contribution in [0.4, 0.5) is 22.0 Å². The summed E-state index contributed by atoms with van der Waals surface area (Å²) in [5.74, 6) is 1.92. The molecule has 1 aliphatic heterocycles. The van der Waals surface area contributed by atoms with Crippen molar-refractivity contribution in [2.75, 3.05) is 22.1 Å². The Balaban J connectivity index is 1.18. The number of anilines is 3. The highest BCUT2D eigenvalue weighted by Gasteiger charge is 2.38. The van der Waals surface area contributed by atoms with Crippen LogP contribution >= 0.6 is 11.3 Å². The minimum Gasteiger partial charge on any atom is -0.353 e. The molecule has 2 amide bonds. The number of fused-ring (bicyclic) bond motifs is 4. The highest BCUT2D eigenvalue weighted by Crippen LogP contribution is 2.39. The molecular formula is C23H21N5OS. The van der Waals surface area contributed by atoms with Gasteiger partial charge in [-0.3, -0.25) is 0 Å². The molecule has 2 atom stereocenters. The third-order valence-electron chi connectivity index (χ3n) is 6.22. The van der Waals surface area contributed by atoms with Gasteiger partial charge in [-0.15, -0.1) is 11.3 Å². The molecule has 6 nitrogen and oxygen atoms in total. The largest absolute Gasteiger partial charge is 0.353 e. The molecule has 1 aliphatic carbocycles. The van der Waals surface area contributed by atoms with Crippen LogP contribution in [0.3, 0.4) is 0 Å². The average molecular weight is 416 g/mol. The molecule has 7 heteroatoms. The summed E-state index contributed by atoms with van der Waals surface area (Å²) in [6, 6.07) is 16.2. The second-order valence-electron chi connectivity index (χ2n) is 8.18. The molecule has 2 aliphatic rings. The van der Waals surface area contributed by atoms with Gasteiger partial charge in [0.25, 0.3) is 0 Å². The van der Waals surface area contributed by atoms with E-state index in [1.54, 1.807) is 16.8 Å². The smallest absolute Gasteiger partial charge is 0.323 e. The number of carbonyl (C=O) groups excluding carboxylic acids is 1. The quantitative estimate of drug-likeness (QED) is 0.465. The molecule has 6 rings (SSSR count). The Kier molecular flexibility index (Phi) is 4.09. The SMILES string of the molecule is O=C(Nc1ccc2nc(N3C[C@H]4CC[C@H]3C4)ccc2c1)Nc1ccc2scnc2c1. The number of piperidine rings is 1. The van der Waals surface area contributed by atoms with Crippen LogP contribution in [-0.2, 0) is 0 Å². The van der Waals surface area contributed by atoms with Gasteiger partial charge in [0.1, 0.15) is 5.82 Å². The van der Waals surface area contributed by atoms with Gasteiger partial charge < -0.3 is 15.5 Å². The number of amides is 2. The average Bonchev–Trinajstić information content (AvgIpc) is 3.50. The van der Waals surface area contributed by atoms with E-state index in [1.165, 1.54) is 19.3 Å². The monoisotopic (exact) mass is 415 g/mol. The molecular weight excluding hydrogens is 394 g/mol. The topological polar surface area (TPSA) is 70.2 Å². The minimum atomic E-state index is -0.276. The maximum Gasteiger partial charge on any atom is 0.323 e. The number of rotatable bonds is 3. The van der Waals surface area contributed by atoms with Gasteiger partial charge in [0.15, 0.2) is 0 Å². The lowest BCUT2D eigenvalue weighted by Crippen LogP contribution is -2.32. The summed E-state index contributed by atoms with van der Waals surface area (Å²) in [4.78, 5) is 24.1. The van der Waals surface area contributed by atoms with Gasteiger partial charge in [0.05, 0.1) is 21.2 Å². The fraction of sp³-hybridized carbons (Fsp3) is 0.261. The molecule has 0 spiro atoms. The number of pyridine rings is 1. The predicted octanol–water partition coefficient (Wildman–Crippen LogP) is 5.48. The zero-order valence-corrected chi connectivity index (χ0v) is 17.2. The van der Waals surface area contributed by atoms with Crippen molar-refractivity contribution in [3.63, 3.8) is 0 Å². The lowest BCUT2D eigenvalue weighted by Gasteiger charge is -2.28. The Labute approximate surface area is 177 Å². The number of benzene rings is 2. The first-order valence-electron chi connectivity index (χ1n) is 10.3. The molecule has 2 bridgehead atoms. The lowest BCUT2D eigenvalue weighted by molar-refractivity contribution is 0.262. The van der Waals surface area contributed by atoms with Crippen LogP contribution in [-0.4, -0.2) is 28.6 Å². The summed E-state index contributed by atoms with van der Waals surface area (Å²) in [6.07, 6.45) is 3.97. The van der Waals surface area contributed by atoms with Crippen molar-refractivity contribution in [2.45, 2.75) is 25.3 Å². The van der Waals surface area contributed by atoms with Crippen LogP contribution in [0.2, 0.25) is 0 Å². The summed E-state index contributed by atoms with van der Waals surface area (Å²) in [5.41, 5.74) is 5.10. The molecule has 2 aromatic heterocycles. The van der Waals surface area contributed by atoms with Gasteiger partial charge in [-0.2, -0.15) is 0 Å². The molecule has 4 aromatic rings. The molecule has 30 heavy (non-hydrogen) atoms. The Morgan fingerprint density at radius 1 is 1.00 bits per heavy atom. The number of aromatic nitrogens is 2. The zero-order valence-electron chi connectivity index (χ0n) is 16.3. The van der Waals surface area contributed by atoms with Crippen molar-refractivity contribution in [3.05, 3.63) is 54.0 Å². The third-order valence-corrected chi connectivity index (χ3v) is 7.03. The number of hydrogen-bond acceptors (Lipinski definition) is 5. The standard InChI is InChI=1S/C23H21N5OS/c29-23(26-17-4-7-21-20(11-17)24-13-30-21)25-16-3-6-19-15(10-16)2-8-22(27-19)28-12-14-1-5-18(28)9-14/h2-4,6-8,10-11,13-14,18H,1,5,9,12H2,(H2,25,26,29)/t14-,18-/m0/s1. The summed E-state index contributed by atoms with van der Waals surface area (Å²) in [7, 11) is 0. The molecule has 0 unspecified atom stereocenters. The van der Waals surface area contributed by atoms with Crippen LogP contribution in [0.5, 0.6) is 0 Å². The molecule has 3 heterocycles. The van der Waals surface area contributed by atoms with Crippen molar-refractivity contribution >= 4 is 55.7 Å². The first kappa shape index (κ1) is 17.7. The van der Waals surface area contributed by atoms with Crippen molar-refractivity contribution in [3.8, 4) is 0 Å². The predicted molar refractivity (Wildman–Crippen MR) is 122 cm³/mol. The summed E-state index contributed by atoms with van der Waals surface area (Å²) in [5, 5.41) is 6.80. The van der Waals surface area contributed by atoms with E-state index in [9.17, 15) is 4.79 Å². The fourth-order valence-corrected chi connectivity index (χ4v) is 5.45. The number of hydrogen-bond donors (Lipinski definition) is 2. The van der Waals surface area contributed by atoms with Crippen LogP contribution < -0.4 is 15.5 Å². The Morgan fingerprint density at radius 2 is 1.87 bits per heavy atom. The summed E-state index contributed by atoms with van der Waals surface area (Å²) >= 11 is 1.58. The molecule has 1 saturated carbocycles. The van der Waals surface area contributed by atoms with Gasteiger partial charge in [-0.05, 0) is 73.7 Å². The Bertz CT molecular complexity index is 1270. The van der Waals surface area contributed by atoms with E-state index >= 15 is 0 Å². The molecule has 1 saturated heterocycles. The van der Waals surface area contributed by atoms with Crippen LogP contribution in [0.1, 0.15) is 19.3 Å². The first-order valence-corrected chi connectivity index (χ1v) is 11.2. The van der Waals surface area contributed by atoms with Crippen molar-refractivity contribution in [1.82, 2.24) is 9.97 Å². The van der Waals surface area contributed by atoms with Gasteiger partial charge in [0, 0.05) is 29.3 Å². The second-order valence-corrected chi connectivity index (χ2v) is 9.06. The molecule has 2 N–H and O–H groups in total. The van der Waals surface area contributed by atoms with Crippen LogP contribution in [0.15, 0.2) is 54.0 Å². The van der Waals surface area contributed by atoms with E-state index in [1.807, 2.05) is 36.4 Å². The fourth-order valence-electron chi connectivity index (χ4n) is 4.79. The van der Waals surface area contributed by atoms with E-state index in [0.717, 1.165) is 50.8 Å². The lowest BCUT2D eigenvalue weighted by atomic mass is 10.1. The number of thiazole rings is 1. The van der Waals surface area contributed by atoms with Crippen molar-refractivity contribution < 1.29 is 4.79 Å². The normalized spacial score (nSPS) is 20.2. The van der Waals surface area contributed by atoms with E-state index in [2.05, 4.69) is 32.7 Å². The van der Waals surface area contributed by atoms with Crippen molar-refractivity contribution in [2.24, 2.45) is 5.92 Å². The number of carbonyl (C=O) groups is 1. The van der Waals surface area contributed by atoms with Crippen molar-refractivity contribution in [1.29, 1.82) is 0 Å².